The van der Waals surface area contributed by atoms with E-state index >= 15 is 0 Å². The first kappa shape index (κ1) is 15.2. The van der Waals surface area contributed by atoms with E-state index in [1.165, 1.54) is 23.4 Å². The molecule has 1 aliphatic rings. The molecule has 1 aliphatic carbocycles. The topological polar surface area (TPSA) is 68.0 Å². The molecule has 0 aromatic carbocycles. The number of hydrogen-bond acceptors (Lipinski definition) is 5. The van der Waals surface area contributed by atoms with Gasteiger partial charge in [0, 0.05) is 10.9 Å². The summed E-state index contributed by atoms with van der Waals surface area (Å²) in [5, 5.41) is 7.85. The van der Waals surface area contributed by atoms with Crippen molar-refractivity contribution in [2.45, 2.75) is 58.4 Å². The molecule has 0 saturated carbocycles. The Hall–Kier alpha value is -1.69. The number of aromatic nitrogens is 2. The molecule has 5 nitrogen and oxygen atoms in total. The lowest BCUT2D eigenvalue weighted by atomic mass is 10.0. The fourth-order valence-corrected chi connectivity index (χ4v) is 3.71. The summed E-state index contributed by atoms with van der Waals surface area (Å²) in [7, 11) is 0. The summed E-state index contributed by atoms with van der Waals surface area (Å²) in [5.41, 5.74) is 2.01. The van der Waals surface area contributed by atoms with Crippen LogP contribution in [-0.2, 0) is 12.8 Å². The van der Waals surface area contributed by atoms with Gasteiger partial charge in [0.2, 0.25) is 5.76 Å². The van der Waals surface area contributed by atoms with E-state index in [-0.39, 0.29) is 23.6 Å². The second-order valence-electron chi connectivity index (χ2n) is 6.09. The molecule has 22 heavy (non-hydrogen) atoms. The molecule has 2 aromatic heterocycles. The zero-order valence-corrected chi connectivity index (χ0v) is 14.0. The highest BCUT2D eigenvalue weighted by Gasteiger charge is 2.21. The van der Waals surface area contributed by atoms with Crippen LogP contribution in [0.2, 0.25) is 0 Å². The van der Waals surface area contributed by atoms with E-state index in [9.17, 15) is 4.79 Å². The third kappa shape index (κ3) is 3.06. The molecule has 0 aliphatic heterocycles. The average Bonchev–Trinajstić information content (AvgIpc) is 3.14. The van der Waals surface area contributed by atoms with Gasteiger partial charge in [-0.25, -0.2) is 4.98 Å². The van der Waals surface area contributed by atoms with E-state index in [1.807, 2.05) is 20.8 Å². The lowest BCUT2D eigenvalue weighted by molar-refractivity contribution is 0.0902. The number of carbonyl (C=O) groups excluding carboxylic acids is 1. The SMILES string of the molecule is CC(C)c1cc(C(=O)N[C@@H](C)c2nc3c(s2)CCCC3)on1. The zero-order chi connectivity index (χ0) is 15.7. The quantitative estimate of drug-likeness (QED) is 0.934. The number of thiazole rings is 1. The largest absolute Gasteiger partial charge is 0.351 e. The summed E-state index contributed by atoms with van der Waals surface area (Å²) in [6.45, 7) is 5.99. The molecular formula is C16H21N3O2S. The number of nitrogens with one attached hydrogen (secondary N) is 1. The summed E-state index contributed by atoms with van der Waals surface area (Å²) >= 11 is 1.72. The van der Waals surface area contributed by atoms with Crippen molar-refractivity contribution in [3.63, 3.8) is 0 Å². The lowest BCUT2D eigenvalue weighted by Gasteiger charge is -2.09. The van der Waals surface area contributed by atoms with Crippen molar-refractivity contribution in [3.8, 4) is 0 Å². The Labute approximate surface area is 134 Å². The summed E-state index contributed by atoms with van der Waals surface area (Å²) < 4.78 is 5.13. The van der Waals surface area contributed by atoms with Crippen LogP contribution >= 0.6 is 11.3 Å². The Bertz CT molecular complexity index is 651. The minimum absolute atomic E-state index is 0.115. The van der Waals surface area contributed by atoms with Crippen LogP contribution in [0.1, 0.15) is 77.4 Å². The van der Waals surface area contributed by atoms with Crippen molar-refractivity contribution in [3.05, 3.63) is 33.1 Å². The van der Waals surface area contributed by atoms with Gasteiger partial charge in [0.1, 0.15) is 5.01 Å². The Morgan fingerprint density at radius 3 is 2.77 bits per heavy atom. The van der Waals surface area contributed by atoms with E-state index in [1.54, 1.807) is 17.4 Å². The van der Waals surface area contributed by atoms with Crippen molar-refractivity contribution < 1.29 is 9.32 Å². The highest BCUT2D eigenvalue weighted by atomic mass is 32.1. The minimum Gasteiger partial charge on any atom is -0.351 e. The fraction of sp³-hybridized carbons (Fsp3) is 0.562. The van der Waals surface area contributed by atoms with Crippen LogP contribution in [0.3, 0.4) is 0 Å². The summed E-state index contributed by atoms with van der Waals surface area (Å²) in [6.07, 6.45) is 4.64. The van der Waals surface area contributed by atoms with Gasteiger partial charge in [-0.1, -0.05) is 19.0 Å². The summed E-state index contributed by atoms with van der Waals surface area (Å²) in [6, 6.07) is 1.59. The summed E-state index contributed by atoms with van der Waals surface area (Å²) in [5.74, 6) is 0.269. The summed E-state index contributed by atoms with van der Waals surface area (Å²) in [4.78, 5) is 18.3. The first-order valence-corrected chi connectivity index (χ1v) is 8.62. The Morgan fingerprint density at radius 1 is 1.32 bits per heavy atom. The first-order valence-electron chi connectivity index (χ1n) is 7.80. The van der Waals surface area contributed by atoms with Crippen LogP contribution in [0.4, 0.5) is 0 Å². The molecule has 3 rings (SSSR count). The number of carbonyl (C=O) groups is 1. The molecule has 0 unspecified atom stereocenters. The first-order chi connectivity index (χ1) is 10.5. The fourth-order valence-electron chi connectivity index (χ4n) is 2.55. The molecule has 0 spiro atoms. The van der Waals surface area contributed by atoms with E-state index in [2.05, 4.69) is 15.5 Å². The van der Waals surface area contributed by atoms with Gasteiger partial charge >= 0.3 is 0 Å². The van der Waals surface area contributed by atoms with Crippen LogP contribution in [-0.4, -0.2) is 16.0 Å². The molecule has 2 heterocycles. The highest BCUT2D eigenvalue weighted by molar-refractivity contribution is 7.11. The van der Waals surface area contributed by atoms with Gasteiger partial charge in [-0.05, 0) is 38.5 Å². The molecule has 0 saturated heterocycles. The van der Waals surface area contributed by atoms with Gasteiger partial charge < -0.3 is 9.84 Å². The van der Waals surface area contributed by atoms with Crippen molar-refractivity contribution in [2.75, 3.05) is 0 Å². The van der Waals surface area contributed by atoms with Gasteiger partial charge in [-0.2, -0.15) is 0 Å². The maximum absolute atomic E-state index is 12.2. The van der Waals surface area contributed by atoms with E-state index in [0.717, 1.165) is 23.5 Å². The molecule has 118 valence electrons. The van der Waals surface area contributed by atoms with Gasteiger partial charge in [-0.3, -0.25) is 4.79 Å². The van der Waals surface area contributed by atoms with E-state index in [4.69, 9.17) is 4.52 Å². The molecule has 1 N–H and O–H groups in total. The predicted octanol–water partition coefficient (Wildman–Crippen LogP) is 3.62. The van der Waals surface area contributed by atoms with Crippen molar-refractivity contribution in [2.24, 2.45) is 0 Å². The second-order valence-corrected chi connectivity index (χ2v) is 7.21. The molecule has 1 amide bonds. The number of fused-ring (bicyclic) bond motifs is 1. The third-order valence-corrected chi connectivity index (χ3v) is 5.26. The number of aryl methyl sites for hydroxylation is 2. The number of amides is 1. The molecular weight excluding hydrogens is 298 g/mol. The number of nitrogens with zero attached hydrogens (tertiary/aromatic N) is 2. The standard InChI is InChI=1S/C16H21N3O2S/c1-9(2)12-8-13(21-19-12)15(20)17-10(3)16-18-11-6-4-5-7-14(11)22-16/h8-10H,4-7H2,1-3H3,(H,17,20)/t10-/m0/s1. The van der Waals surface area contributed by atoms with Crippen molar-refractivity contribution in [1.82, 2.24) is 15.5 Å². The minimum atomic E-state index is -0.236. The van der Waals surface area contributed by atoms with Gasteiger partial charge in [0.15, 0.2) is 0 Å². The van der Waals surface area contributed by atoms with E-state index < -0.39 is 0 Å². The smallest absolute Gasteiger partial charge is 0.290 e. The van der Waals surface area contributed by atoms with Crippen LogP contribution < -0.4 is 5.32 Å². The normalized spacial score (nSPS) is 15.6. The Kier molecular flexibility index (Phi) is 4.29. The van der Waals surface area contributed by atoms with Gasteiger partial charge in [-0.15, -0.1) is 11.3 Å². The molecule has 1 atom stereocenters. The van der Waals surface area contributed by atoms with Crippen molar-refractivity contribution >= 4 is 17.2 Å². The Balaban J connectivity index is 1.68. The van der Waals surface area contributed by atoms with Crippen LogP contribution in [0, 0.1) is 0 Å². The van der Waals surface area contributed by atoms with Gasteiger partial charge in [0.25, 0.3) is 5.91 Å². The van der Waals surface area contributed by atoms with Crippen LogP contribution in [0.25, 0.3) is 0 Å². The van der Waals surface area contributed by atoms with Gasteiger partial charge in [0.05, 0.1) is 17.4 Å². The predicted molar refractivity (Wildman–Crippen MR) is 85.2 cm³/mol. The van der Waals surface area contributed by atoms with Crippen molar-refractivity contribution in [1.29, 1.82) is 0 Å². The molecule has 0 fully saturated rings. The maximum Gasteiger partial charge on any atom is 0.290 e. The second kappa shape index (κ2) is 6.20. The average molecular weight is 319 g/mol. The van der Waals surface area contributed by atoms with Crippen LogP contribution in [0.15, 0.2) is 10.6 Å². The van der Waals surface area contributed by atoms with E-state index in [0.29, 0.717) is 0 Å². The molecule has 0 radical (unpaired) electrons. The lowest BCUT2D eigenvalue weighted by Crippen LogP contribution is -2.26. The zero-order valence-electron chi connectivity index (χ0n) is 13.2. The molecule has 0 bridgehead atoms. The monoisotopic (exact) mass is 319 g/mol. The number of rotatable bonds is 4. The highest BCUT2D eigenvalue weighted by Crippen LogP contribution is 2.29. The van der Waals surface area contributed by atoms with Crippen LogP contribution in [0.5, 0.6) is 0 Å². The number of hydrogen-bond donors (Lipinski definition) is 1. The Morgan fingerprint density at radius 2 is 2.09 bits per heavy atom. The molecule has 6 heteroatoms. The third-order valence-electron chi connectivity index (χ3n) is 3.92. The maximum atomic E-state index is 12.2. The molecule has 2 aromatic rings.